The van der Waals surface area contributed by atoms with E-state index in [0.29, 0.717) is 37.1 Å². The molecule has 7 nitrogen and oxygen atoms in total. The highest BCUT2D eigenvalue weighted by atomic mass is 127. The third-order valence-corrected chi connectivity index (χ3v) is 3.94. The van der Waals surface area contributed by atoms with Gasteiger partial charge in [0.1, 0.15) is 5.76 Å². The molecule has 0 bridgehead atoms. The lowest BCUT2D eigenvalue weighted by Crippen LogP contribution is -2.36. The summed E-state index contributed by atoms with van der Waals surface area (Å²) in [5.74, 6) is 3.42. The summed E-state index contributed by atoms with van der Waals surface area (Å²) in [4.78, 5) is 8.97. The molecule has 0 amide bonds. The average molecular weight is 522 g/mol. The molecule has 3 rings (SSSR count). The molecule has 0 saturated heterocycles. The molecule has 0 aliphatic rings. The molecule has 0 saturated carbocycles. The van der Waals surface area contributed by atoms with Crippen LogP contribution in [0.2, 0.25) is 0 Å². The predicted molar refractivity (Wildman–Crippen MR) is 128 cm³/mol. The fourth-order valence-corrected chi connectivity index (χ4v) is 2.58. The summed E-state index contributed by atoms with van der Waals surface area (Å²) in [6.07, 6.45) is 3.42. The molecule has 0 aliphatic carbocycles. The van der Waals surface area contributed by atoms with E-state index < -0.39 is 0 Å². The van der Waals surface area contributed by atoms with Crippen LogP contribution >= 0.6 is 24.0 Å². The number of para-hydroxylation sites is 2. The van der Waals surface area contributed by atoms with Crippen molar-refractivity contribution in [1.82, 2.24) is 15.6 Å². The molecule has 160 valence electrons. The van der Waals surface area contributed by atoms with Gasteiger partial charge in [0.05, 0.1) is 26.0 Å². The Morgan fingerprint density at radius 1 is 1.03 bits per heavy atom. The van der Waals surface area contributed by atoms with Crippen molar-refractivity contribution in [1.29, 1.82) is 0 Å². The standard InChI is InChI=1S/C22H26N4O3.HI/c1-3-23-22(26-16-18-8-7-13-28-18)25-15-17-11-12-21(24-14-17)29-20-10-6-5-9-19(20)27-4-2;/h5-14H,3-4,15-16H2,1-2H3,(H2,23,25,26);1H. The zero-order valence-corrected chi connectivity index (χ0v) is 19.5. The van der Waals surface area contributed by atoms with E-state index in [4.69, 9.17) is 13.9 Å². The zero-order valence-electron chi connectivity index (χ0n) is 17.1. The molecule has 2 aromatic heterocycles. The molecule has 0 fully saturated rings. The number of halogens is 1. The second kappa shape index (κ2) is 12.7. The van der Waals surface area contributed by atoms with E-state index in [9.17, 15) is 0 Å². The van der Waals surface area contributed by atoms with E-state index in [1.54, 1.807) is 12.5 Å². The van der Waals surface area contributed by atoms with Crippen molar-refractivity contribution in [2.75, 3.05) is 13.2 Å². The van der Waals surface area contributed by atoms with E-state index in [0.717, 1.165) is 23.8 Å². The number of rotatable bonds is 9. The molecule has 0 unspecified atom stereocenters. The van der Waals surface area contributed by atoms with E-state index >= 15 is 0 Å². The fraction of sp³-hybridized carbons (Fsp3) is 0.273. The number of pyridine rings is 1. The van der Waals surface area contributed by atoms with Gasteiger partial charge >= 0.3 is 0 Å². The normalized spacial score (nSPS) is 10.8. The first-order valence-corrected chi connectivity index (χ1v) is 9.67. The van der Waals surface area contributed by atoms with Gasteiger partial charge in [-0.05, 0) is 43.7 Å². The van der Waals surface area contributed by atoms with Gasteiger partial charge in [0.25, 0.3) is 0 Å². The maximum Gasteiger partial charge on any atom is 0.219 e. The summed E-state index contributed by atoms with van der Waals surface area (Å²) in [6, 6.07) is 15.1. The van der Waals surface area contributed by atoms with Crippen molar-refractivity contribution in [3.63, 3.8) is 0 Å². The second-order valence-electron chi connectivity index (χ2n) is 6.11. The van der Waals surface area contributed by atoms with Crippen LogP contribution in [-0.2, 0) is 13.1 Å². The van der Waals surface area contributed by atoms with Crippen molar-refractivity contribution in [3.8, 4) is 17.4 Å². The first-order chi connectivity index (χ1) is 14.3. The monoisotopic (exact) mass is 522 g/mol. The first-order valence-electron chi connectivity index (χ1n) is 9.67. The smallest absolute Gasteiger partial charge is 0.219 e. The molecule has 1 aromatic carbocycles. The number of hydrogen-bond donors (Lipinski definition) is 2. The predicted octanol–water partition coefficient (Wildman–Crippen LogP) is 4.74. The highest BCUT2D eigenvalue weighted by Crippen LogP contribution is 2.30. The third-order valence-electron chi connectivity index (χ3n) is 3.94. The van der Waals surface area contributed by atoms with Gasteiger partial charge in [-0.25, -0.2) is 9.98 Å². The molecular formula is C22H27IN4O3. The van der Waals surface area contributed by atoms with Gasteiger partial charge in [-0.1, -0.05) is 18.2 Å². The van der Waals surface area contributed by atoms with Crippen LogP contribution in [0.5, 0.6) is 17.4 Å². The van der Waals surface area contributed by atoms with Gasteiger partial charge in [0, 0.05) is 18.8 Å². The minimum Gasteiger partial charge on any atom is -0.490 e. The lowest BCUT2D eigenvalue weighted by molar-refractivity contribution is 0.319. The third kappa shape index (κ3) is 7.25. The van der Waals surface area contributed by atoms with Crippen LogP contribution < -0.4 is 20.1 Å². The van der Waals surface area contributed by atoms with Gasteiger partial charge in [-0.3, -0.25) is 0 Å². The number of furan rings is 1. The number of nitrogens with one attached hydrogen (secondary N) is 2. The summed E-state index contributed by atoms with van der Waals surface area (Å²) in [6.45, 7) is 6.38. The Morgan fingerprint density at radius 2 is 1.87 bits per heavy atom. The van der Waals surface area contributed by atoms with Crippen LogP contribution in [0.25, 0.3) is 0 Å². The van der Waals surface area contributed by atoms with Crippen LogP contribution in [0, 0.1) is 0 Å². The number of nitrogens with zero attached hydrogens (tertiary/aromatic N) is 2. The first kappa shape index (κ1) is 23.5. The van der Waals surface area contributed by atoms with Crippen molar-refractivity contribution in [2.24, 2.45) is 4.99 Å². The molecule has 2 N–H and O–H groups in total. The van der Waals surface area contributed by atoms with E-state index in [1.165, 1.54) is 0 Å². The van der Waals surface area contributed by atoms with Crippen molar-refractivity contribution < 1.29 is 13.9 Å². The Morgan fingerprint density at radius 3 is 2.53 bits per heavy atom. The number of hydrogen-bond acceptors (Lipinski definition) is 5. The Bertz CT molecular complexity index is 899. The minimum atomic E-state index is 0. The van der Waals surface area contributed by atoms with Crippen LogP contribution in [0.1, 0.15) is 25.2 Å². The maximum atomic E-state index is 5.85. The lowest BCUT2D eigenvalue weighted by Gasteiger charge is -2.11. The van der Waals surface area contributed by atoms with E-state index in [1.807, 2.05) is 62.4 Å². The number of guanidine groups is 1. The van der Waals surface area contributed by atoms with Gasteiger partial charge in [-0.15, -0.1) is 24.0 Å². The lowest BCUT2D eigenvalue weighted by atomic mass is 10.3. The molecule has 0 radical (unpaired) electrons. The maximum absolute atomic E-state index is 5.85. The van der Waals surface area contributed by atoms with Gasteiger partial charge in [0.2, 0.25) is 5.88 Å². The quantitative estimate of drug-likeness (QED) is 0.240. The van der Waals surface area contributed by atoms with Crippen LogP contribution in [0.15, 0.2) is 70.4 Å². The highest BCUT2D eigenvalue weighted by Gasteiger charge is 2.06. The largest absolute Gasteiger partial charge is 0.490 e. The molecular weight excluding hydrogens is 495 g/mol. The SMILES string of the molecule is CCNC(=NCc1ccc(Oc2ccccc2OCC)nc1)NCc1ccco1.I. The van der Waals surface area contributed by atoms with Gasteiger partial charge in [-0.2, -0.15) is 0 Å². The second-order valence-corrected chi connectivity index (χ2v) is 6.11. The molecule has 3 aromatic rings. The van der Waals surface area contributed by atoms with E-state index in [-0.39, 0.29) is 24.0 Å². The van der Waals surface area contributed by atoms with E-state index in [2.05, 4.69) is 20.6 Å². The number of aliphatic imine (C=N–C) groups is 1. The number of benzene rings is 1. The summed E-state index contributed by atoms with van der Waals surface area (Å²) in [5, 5.41) is 6.46. The fourth-order valence-electron chi connectivity index (χ4n) is 2.58. The summed E-state index contributed by atoms with van der Waals surface area (Å²) in [5.41, 5.74) is 0.977. The summed E-state index contributed by atoms with van der Waals surface area (Å²) < 4.78 is 16.8. The Labute approximate surface area is 193 Å². The van der Waals surface area contributed by atoms with Crippen molar-refractivity contribution >= 4 is 29.9 Å². The molecule has 8 heteroatoms. The Balaban J connectivity index is 0.00000320. The molecule has 0 spiro atoms. The molecule has 0 atom stereocenters. The minimum absolute atomic E-state index is 0. The van der Waals surface area contributed by atoms with Crippen molar-refractivity contribution in [3.05, 3.63) is 72.3 Å². The molecule has 2 heterocycles. The average Bonchev–Trinajstić information content (AvgIpc) is 3.26. The van der Waals surface area contributed by atoms with Gasteiger partial charge < -0.3 is 24.5 Å². The highest BCUT2D eigenvalue weighted by molar-refractivity contribution is 14.0. The summed E-state index contributed by atoms with van der Waals surface area (Å²) >= 11 is 0. The number of ether oxygens (including phenoxy) is 2. The topological polar surface area (TPSA) is 80.9 Å². The Hall–Kier alpha value is -2.75. The van der Waals surface area contributed by atoms with Crippen LogP contribution in [0.3, 0.4) is 0 Å². The summed E-state index contributed by atoms with van der Waals surface area (Å²) in [7, 11) is 0. The molecule has 0 aliphatic heterocycles. The Kier molecular flexibility index (Phi) is 9.99. The van der Waals surface area contributed by atoms with Gasteiger partial charge in [0.15, 0.2) is 17.5 Å². The van der Waals surface area contributed by atoms with Crippen LogP contribution in [-0.4, -0.2) is 24.1 Å². The molecule has 30 heavy (non-hydrogen) atoms. The zero-order chi connectivity index (χ0) is 20.3. The number of aromatic nitrogens is 1. The van der Waals surface area contributed by atoms with Crippen LogP contribution in [0.4, 0.5) is 0 Å². The van der Waals surface area contributed by atoms with Crippen molar-refractivity contribution in [2.45, 2.75) is 26.9 Å².